The molecule has 0 saturated carbocycles. The quantitative estimate of drug-likeness (QED) is 0.161. The first kappa shape index (κ1) is 26.5. The number of nitrogens with two attached hydrogens (primary N) is 1. The predicted octanol–water partition coefficient (Wildman–Crippen LogP) is 10.5. The number of fused-ring (bicyclic) bond motifs is 5. The summed E-state index contributed by atoms with van der Waals surface area (Å²) >= 11 is 0. The molecule has 0 fully saturated rings. The summed E-state index contributed by atoms with van der Waals surface area (Å²) in [5.74, 6) is 0. The summed E-state index contributed by atoms with van der Waals surface area (Å²) in [5, 5.41) is 2.48. The Morgan fingerprint density at radius 2 is 1.37 bits per heavy atom. The molecule has 0 bridgehead atoms. The molecule has 1 unspecified atom stereocenters. The fraction of sp³-hybridized carbons (Fsp3) is 0.0476. The Balaban J connectivity index is 1.66. The van der Waals surface area contributed by atoms with Crippen LogP contribution >= 0.6 is 0 Å². The highest BCUT2D eigenvalue weighted by Crippen LogP contribution is 2.60. The van der Waals surface area contributed by atoms with E-state index in [0.717, 1.165) is 16.8 Å². The van der Waals surface area contributed by atoms with Gasteiger partial charge in [-0.2, -0.15) is 0 Å². The maximum atomic E-state index is 6.97. The van der Waals surface area contributed by atoms with Crippen LogP contribution in [0.2, 0.25) is 0 Å². The summed E-state index contributed by atoms with van der Waals surface area (Å²) in [6.07, 6.45) is 10.0. The molecule has 43 heavy (non-hydrogen) atoms. The van der Waals surface area contributed by atoms with E-state index < -0.39 is 5.41 Å². The van der Waals surface area contributed by atoms with Crippen LogP contribution in [0, 0.1) is 6.92 Å². The molecule has 0 saturated heterocycles. The van der Waals surface area contributed by atoms with Crippen molar-refractivity contribution in [2.24, 2.45) is 0 Å². The van der Waals surface area contributed by atoms with Gasteiger partial charge in [0.2, 0.25) is 0 Å². The molecule has 0 amide bonds. The van der Waals surface area contributed by atoms with Crippen molar-refractivity contribution in [2.45, 2.75) is 12.3 Å². The largest absolute Gasteiger partial charge is 0.398 e. The van der Waals surface area contributed by atoms with Gasteiger partial charge in [0.15, 0.2) is 0 Å². The number of rotatable bonds is 6. The molecule has 6 aromatic rings. The molecule has 0 heterocycles. The zero-order chi connectivity index (χ0) is 29.4. The highest BCUT2D eigenvalue weighted by atomic mass is 14.6. The lowest BCUT2D eigenvalue weighted by molar-refractivity contribution is 0.770. The third-order valence-corrected chi connectivity index (χ3v) is 8.74. The van der Waals surface area contributed by atoms with E-state index in [4.69, 9.17) is 5.73 Å². The fourth-order valence-electron chi connectivity index (χ4n) is 6.95. The number of anilines is 1. The van der Waals surface area contributed by atoms with Crippen LogP contribution in [-0.4, -0.2) is 0 Å². The number of allylic oxidation sites excluding steroid dienone is 4. The van der Waals surface area contributed by atoms with Crippen LogP contribution in [0.3, 0.4) is 0 Å². The SMILES string of the molecule is C=C/C=C\C=C/c1ccccc1C1(c2ccccc2N)c2cc(-c3cccc(C)c3)ccc2-c2c1ccc1ccccc21. The molecule has 0 spiro atoms. The van der Waals surface area contributed by atoms with Crippen LogP contribution in [0.5, 0.6) is 0 Å². The summed E-state index contributed by atoms with van der Waals surface area (Å²) < 4.78 is 0. The van der Waals surface area contributed by atoms with Crippen molar-refractivity contribution < 1.29 is 0 Å². The summed E-state index contributed by atoms with van der Waals surface area (Å²) in [6, 6.07) is 46.2. The molecule has 1 heteroatoms. The summed E-state index contributed by atoms with van der Waals surface area (Å²) in [7, 11) is 0. The van der Waals surface area contributed by atoms with Crippen LogP contribution in [-0.2, 0) is 5.41 Å². The molecule has 1 aliphatic carbocycles. The van der Waals surface area contributed by atoms with Gasteiger partial charge >= 0.3 is 0 Å². The average Bonchev–Trinajstić information content (AvgIpc) is 3.34. The van der Waals surface area contributed by atoms with E-state index in [1.165, 1.54) is 55.3 Å². The molecule has 2 N–H and O–H groups in total. The normalized spacial score (nSPS) is 15.7. The number of hydrogen-bond acceptors (Lipinski definition) is 1. The van der Waals surface area contributed by atoms with Crippen molar-refractivity contribution in [3.05, 3.63) is 192 Å². The van der Waals surface area contributed by atoms with E-state index in [1.807, 2.05) is 24.3 Å². The van der Waals surface area contributed by atoms with Gasteiger partial charge in [0.25, 0.3) is 0 Å². The Morgan fingerprint density at radius 1 is 0.605 bits per heavy atom. The molecule has 206 valence electrons. The maximum absolute atomic E-state index is 6.97. The topological polar surface area (TPSA) is 26.0 Å². The first-order chi connectivity index (χ1) is 21.1. The van der Waals surface area contributed by atoms with Gasteiger partial charge in [0.05, 0.1) is 5.41 Å². The van der Waals surface area contributed by atoms with Gasteiger partial charge in [-0.05, 0) is 79.9 Å². The van der Waals surface area contributed by atoms with Crippen molar-refractivity contribution >= 4 is 22.5 Å². The number of benzene rings is 6. The zero-order valence-corrected chi connectivity index (χ0v) is 24.3. The van der Waals surface area contributed by atoms with Gasteiger partial charge in [-0.3, -0.25) is 0 Å². The minimum Gasteiger partial charge on any atom is -0.398 e. The lowest BCUT2D eigenvalue weighted by atomic mass is 9.65. The summed E-state index contributed by atoms with van der Waals surface area (Å²) in [6.45, 7) is 5.98. The zero-order valence-electron chi connectivity index (χ0n) is 24.3. The van der Waals surface area contributed by atoms with Gasteiger partial charge in [-0.15, -0.1) is 0 Å². The fourth-order valence-corrected chi connectivity index (χ4v) is 6.95. The number of para-hydroxylation sites is 1. The van der Waals surface area contributed by atoms with Crippen molar-refractivity contribution in [1.82, 2.24) is 0 Å². The molecule has 1 atom stereocenters. The molecular weight excluding hydrogens is 518 g/mol. The monoisotopic (exact) mass is 551 g/mol. The molecule has 0 aromatic heterocycles. The lowest BCUT2D eigenvalue weighted by Gasteiger charge is -2.36. The third-order valence-electron chi connectivity index (χ3n) is 8.74. The van der Waals surface area contributed by atoms with Crippen LogP contribution in [0.1, 0.15) is 33.4 Å². The van der Waals surface area contributed by atoms with E-state index in [1.54, 1.807) is 6.08 Å². The Kier molecular flexibility index (Phi) is 6.64. The van der Waals surface area contributed by atoms with E-state index in [0.29, 0.717) is 0 Å². The summed E-state index contributed by atoms with van der Waals surface area (Å²) in [4.78, 5) is 0. The minimum absolute atomic E-state index is 0.636. The Labute approximate surface area is 254 Å². The standard InChI is InChI=1S/C42H33N/c1-3-4-5-6-16-31-17-8-10-20-36(31)42(37-21-11-12-22-40(37)43)38-26-24-30-15-7-9-19-34(30)41(38)35-25-23-33(28-39(35)42)32-18-13-14-29(2)27-32/h3-28H,1,43H2,2H3/b5-4-,16-6-. The molecular formula is C42H33N. The average molecular weight is 552 g/mol. The van der Waals surface area contributed by atoms with Crippen LogP contribution < -0.4 is 5.73 Å². The molecule has 0 aliphatic heterocycles. The van der Waals surface area contributed by atoms with Crippen molar-refractivity contribution in [3.63, 3.8) is 0 Å². The second-order valence-electron chi connectivity index (χ2n) is 11.2. The Hall–Kier alpha value is -5.40. The molecule has 1 nitrogen and oxygen atoms in total. The Morgan fingerprint density at radius 3 is 2.21 bits per heavy atom. The number of hydrogen-bond donors (Lipinski definition) is 1. The van der Waals surface area contributed by atoms with E-state index in [2.05, 4.69) is 141 Å². The molecule has 6 aromatic carbocycles. The van der Waals surface area contributed by atoms with Gasteiger partial charge < -0.3 is 5.73 Å². The summed E-state index contributed by atoms with van der Waals surface area (Å²) in [5.41, 5.74) is 19.2. The highest BCUT2D eigenvalue weighted by molar-refractivity contribution is 6.05. The van der Waals surface area contributed by atoms with Crippen LogP contribution in [0.25, 0.3) is 39.1 Å². The molecule has 1 aliphatic rings. The lowest BCUT2D eigenvalue weighted by Crippen LogP contribution is -2.30. The molecule has 7 rings (SSSR count). The van der Waals surface area contributed by atoms with Gasteiger partial charge in [-0.1, -0.05) is 158 Å². The third kappa shape index (κ3) is 4.24. The van der Waals surface area contributed by atoms with Gasteiger partial charge in [0, 0.05) is 5.69 Å². The smallest absolute Gasteiger partial charge is 0.0739 e. The predicted molar refractivity (Wildman–Crippen MR) is 184 cm³/mol. The number of nitrogen functional groups attached to an aromatic ring is 1. The second-order valence-corrected chi connectivity index (χ2v) is 11.2. The number of aryl methyl sites for hydroxylation is 1. The first-order valence-electron chi connectivity index (χ1n) is 14.8. The highest BCUT2D eigenvalue weighted by Gasteiger charge is 2.48. The molecule has 0 radical (unpaired) electrons. The van der Waals surface area contributed by atoms with Crippen molar-refractivity contribution in [2.75, 3.05) is 5.73 Å². The van der Waals surface area contributed by atoms with Crippen molar-refractivity contribution in [3.8, 4) is 22.3 Å². The minimum atomic E-state index is -0.636. The van der Waals surface area contributed by atoms with Crippen LogP contribution in [0.4, 0.5) is 5.69 Å². The van der Waals surface area contributed by atoms with E-state index in [9.17, 15) is 0 Å². The van der Waals surface area contributed by atoms with Crippen LogP contribution in [0.15, 0.2) is 158 Å². The first-order valence-corrected chi connectivity index (χ1v) is 14.8. The second kappa shape index (κ2) is 10.8. The van der Waals surface area contributed by atoms with Gasteiger partial charge in [-0.25, -0.2) is 0 Å². The Bertz CT molecular complexity index is 2080. The van der Waals surface area contributed by atoms with Gasteiger partial charge in [0.1, 0.15) is 0 Å². The van der Waals surface area contributed by atoms with E-state index in [-0.39, 0.29) is 0 Å². The maximum Gasteiger partial charge on any atom is 0.0739 e. The van der Waals surface area contributed by atoms with Crippen molar-refractivity contribution in [1.29, 1.82) is 0 Å². The van der Waals surface area contributed by atoms with E-state index >= 15 is 0 Å².